The average molecular weight is 1020 g/mol. The van der Waals surface area contributed by atoms with Gasteiger partial charge in [0.15, 0.2) is 17.1 Å². The number of piperazine rings is 1. The number of aromatic nitrogens is 2. The fourth-order valence-corrected chi connectivity index (χ4v) is 9.88. The SMILES string of the molecule is CO[C@H]1/C=C/O[C@@]2(C)Oc3c(C)c(O)c4c(O)c(c(C(=O)CN5CCN(OCC6(C)Cn7cc([N+](=O)[O-])nc7O6)CC5)c(O)c4c3C2=O)NC(=O)/C(C)=C\C=C\[C@H](C)[C@H](O)[C@@H](C)[C@@H](O)[C@@H](C)[C@H](OC(C)=O)[C@@H]1C. The molecule has 23 heteroatoms. The van der Waals surface area contributed by atoms with E-state index in [4.69, 9.17) is 28.5 Å². The molecule has 0 radical (unpaired) electrons. The van der Waals surface area contributed by atoms with Crippen LogP contribution < -0.4 is 14.8 Å². The normalized spacial score (nSPS) is 30.9. The van der Waals surface area contributed by atoms with Crippen LogP contribution in [0.2, 0.25) is 0 Å². The number of aliphatic hydroxyl groups is 2. The molecule has 0 aliphatic carbocycles. The molecule has 0 spiro atoms. The first-order chi connectivity index (χ1) is 34.3. The molecule has 5 aliphatic heterocycles. The van der Waals surface area contributed by atoms with Crippen molar-refractivity contribution < 1.29 is 78.2 Å². The Kier molecular flexibility index (Phi) is 15.6. The van der Waals surface area contributed by atoms with Crippen LogP contribution in [0.1, 0.15) is 81.7 Å². The van der Waals surface area contributed by atoms with Gasteiger partial charge >= 0.3 is 23.6 Å². The van der Waals surface area contributed by atoms with E-state index in [1.54, 1.807) is 50.7 Å². The molecule has 0 saturated carbocycles. The van der Waals surface area contributed by atoms with Crippen molar-refractivity contribution in [1.82, 2.24) is 19.5 Å². The highest BCUT2D eigenvalue weighted by Gasteiger charge is 2.50. The van der Waals surface area contributed by atoms with Crippen molar-refractivity contribution in [3.63, 3.8) is 0 Å². The van der Waals surface area contributed by atoms with Gasteiger partial charge < -0.3 is 64.6 Å². The van der Waals surface area contributed by atoms with Crippen LogP contribution in [0, 0.1) is 40.7 Å². The lowest BCUT2D eigenvalue weighted by atomic mass is 9.78. The summed E-state index contributed by atoms with van der Waals surface area (Å²) in [5, 5.41) is 73.7. The summed E-state index contributed by atoms with van der Waals surface area (Å²) in [5.41, 5.74) is -2.30. The summed E-state index contributed by atoms with van der Waals surface area (Å²) < 4.78 is 31.1. The van der Waals surface area contributed by atoms with Gasteiger partial charge in [0.2, 0.25) is 0 Å². The number of hydroxylamine groups is 2. The minimum atomic E-state index is -2.17. The molecule has 8 rings (SSSR count). The smallest absolute Gasteiger partial charge is 0.415 e. The van der Waals surface area contributed by atoms with E-state index in [2.05, 4.69) is 10.3 Å². The molecule has 1 fully saturated rings. The lowest BCUT2D eigenvalue weighted by molar-refractivity contribution is -0.389. The molecule has 396 valence electrons. The van der Waals surface area contributed by atoms with Gasteiger partial charge in [-0.2, -0.15) is 5.06 Å². The Morgan fingerprint density at radius 2 is 1.63 bits per heavy atom. The molecular formula is C50H64N6O17. The second-order valence-corrected chi connectivity index (χ2v) is 19.8. The summed E-state index contributed by atoms with van der Waals surface area (Å²) in [4.78, 5) is 78.0. The van der Waals surface area contributed by atoms with Gasteiger partial charge in [0, 0.05) is 92.3 Å². The number of esters is 1. The zero-order chi connectivity index (χ0) is 53.6. The maximum Gasteiger partial charge on any atom is 0.415 e. The Morgan fingerprint density at radius 3 is 2.26 bits per heavy atom. The maximum atomic E-state index is 14.6. The number of allylic oxidation sites excluding steroid dienone is 2. The van der Waals surface area contributed by atoms with Gasteiger partial charge in [-0.05, 0) is 31.8 Å². The largest absolute Gasteiger partial charge is 0.507 e. The van der Waals surface area contributed by atoms with Crippen LogP contribution in [0.25, 0.3) is 10.8 Å². The number of hydrogen-bond donors (Lipinski definition) is 6. The van der Waals surface area contributed by atoms with Gasteiger partial charge in [0.1, 0.15) is 36.2 Å². The lowest BCUT2D eigenvalue weighted by Gasteiger charge is -2.38. The van der Waals surface area contributed by atoms with Crippen molar-refractivity contribution in [3.8, 4) is 29.0 Å². The average Bonchev–Trinajstić information content (AvgIpc) is 3.97. The molecular weight excluding hydrogens is 957 g/mol. The number of imidazole rings is 1. The quantitative estimate of drug-likeness (QED) is 0.0431. The first-order valence-electron chi connectivity index (χ1n) is 23.9. The van der Waals surface area contributed by atoms with E-state index in [-0.39, 0.29) is 67.1 Å². The zero-order valence-electron chi connectivity index (χ0n) is 42.4. The fourth-order valence-electron chi connectivity index (χ4n) is 9.88. The highest BCUT2D eigenvalue weighted by molar-refractivity contribution is 6.25. The van der Waals surface area contributed by atoms with Crippen molar-refractivity contribution in [2.75, 3.05) is 51.8 Å². The van der Waals surface area contributed by atoms with Crippen molar-refractivity contribution >= 4 is 45.7 Å². The number of ether oxygens (including phenoxy) is 5. The Hall–Kier alpha value is -6.63. The molecule has 73 heavy (non-hydrogen) atoms. The number of phenols is 3. The summed E-state index contributed by atoms with van der Waals surface area (Å²) in [6.45, 7) is 15.1. The Balaban J connectivity index is 1.23. The molecule has 1 amide bonds. The molecule has 3 aromatic rings. The van der Waals surface area contributed by atoms with Gasteiger partial charge in [-0.15, -0.1) is 0 Å². The van der Waals surface area contributed by atoms with E-state index < -0.39 is 127 Å². The minimum Gasteiger partial charge on any atom is -0.507 e. The summed E-state index contributed by atoms with van der Waals surface area (Å²) in [6.07, 6.45) is 4.32. The van der Waals surface area contributed by atoms with Crippen LogP contribution in [0.5, 0.6) is 29.0 Å². The molecule has 1 unspecified atom stereocenters. The number of anilines is 1. The lowest BCUT2D eigenvalue weighted by Crippen LogP contribution is -2.49. The maximum absolute atomic E-state index is 14.6. The predicted molar refractivity (Wildman–Crippen MR) is 260 cm³/mol. The van der Waals surface area contributed by atoms with E-state index in [0.29, 0.717) is 13.1 Å². The van der Waals surface area contributed by atoms with Crippen molar-refractivity contribution in [2.24, 2.45) is 23.7 Å². The number of aromatic hydroxyl groups is 3. The second kappa shape index (κ2) is 21.1. The van der Waals surface area contributed by atoms with Crippen LogP contribution in [-0.4, -0.2) is 156 Å². The Morgan fingerprint density at radius 1 is 0.945 bits per heavy atom. The molecule has 2 aromatic carbocycles. The number of ketones is 2. The molecule has 5 aliphatic rings. The number of nitrogens with one attached hydrogen (secondary N) is 1. The standard InChI is InChI=1S/C50H64N6O17/c1-24-12-11-13-25(2)47(65)52-38-34(31(58)20-53-15-17-55(18-16-53)70-23-49(8)22-54-21-33(56(66)67)51-48(54)73-49)42(62)35-36(43(38)63)41(61)29(6)45-37(35)46(64)50(9,72-45)69-19-14-32(68-10)26(3)44(71-30(7)57)28(5)40(60)27(4)39(24)59/h11-14,19,21,24,26-28,32,39-40,44,59-63H,15-18,20,22-23H2,1-10H3,(H,52,65)/b12-11+,19-14+,25-13-/t24-,26+,27+,28+,32-,39-,40+,44+,49?,50-/m0/s1. The summed E-state index contributed by atoms with van der Waals surface area (Å²) >= 11 is 0. The number of Topliss-reactive ketones (excluding diaryl/α,β-unsaturated/α-hetero) is 2. The van der Waals surface area contributed by atoms with Gasteiger partial charge in [-0.25, -0.2) is 0 Å². The molecule has 1 saturated heterocycles. The van der Waals surface area contributed by atoms with Gasteiger partial charge in [-0.1, -0.05) is 45.9 Å². The van der Waals surface area contributed by atoms with Crippen LogP contribution >= 0.6 is 0 Å². The number of carbonyl (C=O) groups is 4. The summed E-state index contributed by atoms with van der Waals surface area (Å²) in [5.74, 6) is -10.8. The van der Waals surface area contributed by atoms with E-state index >= 15 is 0 Å². The topological polar surface area (TPSA) is 304 Å². The number of rotatable bonds is 9. The van der Waals surface area contributed by atoms with Crippen molar-refractivity contribution in [2.45, 2.75) is 105 Å². The van der Waals surface area contributed by atoms with Crippen molar-refractivity contribution in [1.29, 1.82) is 0 Å². The zero-order valence-corrected chi connectivity index (χ0v) is 42.4. The summed E-state index contributed by atoms with van der Waals surface area (Å²) in [6, 6.07) is 0.103. The highest BCUT2D eigenvalue weighted by Crippen LogP contribution is 2.55. The molecule has 6 heterocycles. The van der Waals surface area contributed by atoms with Gasteiger partial charge in [-0.3, -0.25) is 33.5 Å². The summed E-state index contributed by atoms with van der Waals surface area (Å²) in [7, 11) is 1.40. The second-order valence-electron chi connectivity index (χ2n) is 19.8. The molecule has 5 bridgehead atoms. The van der Waals surface area contributed by atoms with Gasteiger partial charge in [0.25, 0.3) is 11.7 Å². The number of nitro groups is 1. The number of benzene rings is 2. The molecule has 23 nitrogen and oxygen atoms in total. The highest BCUT2D eigenvalue weighted by atomic mass is 16.7. The molecule has 1 aromatic heterocycles. The van der Waals surface area contributed by atoms with E-state index in [0.717, 1.165) is 6.26 Å². The number of aliphatic hydroxyl groups excluding tert-OH is 2. The number of phenolic OH excluding ortho intramolecular Hbond substituents is 3. The van der Waals surface area contributed by atoms with Crippen LogP contribution in [-0.2, 0) is 35.2 Å². The van der Waals surface area contributed by atoms with Crippen LogP contribution in [0.3, 0.4) is 0 Å². The van der Waals surface area contributed by atoms with Crippen LogP contribution in [0.4, 0.5) is 11.5 Å². The van der Waals surface area contributed by atoms with Crippen molar-refractivity contribution in [3.05, 3.63) is 69.1 Å². The molecule has 6 N–H and O–H groups in total. The fraction of sp³-hybridized carbons (Fsp3) is 0.540. The van der Waals surface area contributed by atoms with E-state index in [1.165, 1.54) is 63.8 Å². The first-order valence-corrected chi connectivity index (χ1v) is 23.9. The van der Waals surface area contributed by atoms with Crippen LogP contribution in [0.15, 0.2) is 42.3 Å². The predicted octanol–water partition coefficient (Wildman–Crippen LogP) is 4.44. The molecule has 10 atom stereocenters. The number of nitrogens with zero attached hydrogens (tertiary/aromatic N) is 5. The number of hydrogen-bond acceptors (Lipinski definition) is 20. The number of fused-ring (bicyclic) bond motifs is 15. The van der Waals surface area contributed by atoms with E-state index in [1.807, 2.05) is 0 Å². The number of carbonyl (C=O) groups excluding carboxylic acids is 4. The third kappa shape index (κ3) is 10.6. The van der Waals surface area contributed by atoms with E-state index in [9.17, 15) is 54.8 Å². The Bertz CT molecular complexity index is 2760. The van der Waals surface area contributed by atoms with Gasteiger partial charge in [0.05, 0.1) is 59.9 Å². The minimum absolute atomic E-state index is 0.0425. The third-order valence-electron chi connectivity index (χ3n) is 14.3. The number of amides is 1. The first kappa shape index (κ1) is 54.2. The monoisotopic (exact) mass is 1020 g/mol. The number of methoxy groups -OCH3 is 1. The third-order valence-corrected chi connectivity index (χ3v) is 14.3. The Labute approximate surface area is 420 Å².